The molecule has 5 nitrogen and oxygen atoms in total. The number of amides is 1. The van der Waals surface area contributed by atoms with Crippen molar-refractivity contribution in [3.8, 4) is 0 Å². The molecule has 2 aromatic rings. The Hall–Kier alpha value is -1.47. The highest BCUT2D eigenvalue weighted by Gasteiger charge is 2.18. The number of aromatic amines is 1. The molecule has 22 heavy (non-hydrogen) atoms. The molecule has 0 spiro atoms. The summed E-state index contributed by atoms with van der Waals surface area (Å²) in [6.07, 6.45) is 3.61. The van der Waals surface area contributed by atoms with Gasteiger partial charge in [0, 0.05) is 17.4 Å². The van der Waals surface area contributed by atoms with Crippen molar-refractivity contribution in [3.05, 3.63) is 41.7 Å². The van der Waals surface area contributed by atoms with Gasteiger partial charge in [-0.3, -0.25) is 9.89 Å². The fourth-order valence-corrected chi connectivity index (χ4v) is 4.27. The van der Waals surface area contributed by atoms with E-state index < -0.39 is 0 Å². The number of thioether (sulfide) groups is 2. The predicted octanol–water partition coefficient (Wildman–Crippen LogP) is 2.72. The fourth-order valence-electron chi connectivity index (χ4n) is 2.38. The molecular weight excluding hydrogens is 316 g/mol. The summed E-state index contributed by atoms with van der Waals surface area (Å²) in [5, 5.41) is 10.6. The zero-order valence-corrected chi connectivity index (χ0v) is 13.8. The van der Waals surface area contributed by atoms with Crippen LogP contribution in [0.3, 0.4) is 0 Å². The predicted molar refractivity (Wildman–Crippen MR) is 90.2 cm³/mol. The molecule has 0 atom stereocenters. The van der Waals surface area contributed by atoms with Crippen LogP contribution in [0.4, 0.5) is 0 Å². The van der Waals surface area contributed by atoms with Crippen LogP contribution in [0, 0.1) is 0 Å². The topological polar surface area (TPSA) is 70.7 Å². The Morgan fingerprint density at radius 3 is 2.95 bits per heavy atom. The molecular formula is C15H18N4OS2. The van der Waals surface area contributed by atoms with E-state index in [0.29, 0.717) is 11.8 Å². The number of H-pyrrole nitrogens is 1. The average molecular weight is 334 g/mol. The van der Waals surface area contributed by atoms with E-state index in [4.69, 9.17) is 0 Å². The van der Waals surface area contributed by atoms with Crippen LogP contribution in [0.25, 0.3) is 0 Å². The molecule has 1 aliphatic heterocycles. The molecule has 116 valence electrons. The van der Waals surface area contributed by atoms with Crippen molar-refractivity contribution in [2.75, 3.05) is 11.5 Å². The van der Waals surface area contributed by atoms with Gasteiger partial charge in [-0.1, -0.05) is 30.0 Å². The van der Waals surface area contributed by atoms with Crippen LogP contribution in [0.1, 0.15) is 28.8 Å². The SMILES string of the molecule is O=C(NC1CCSCC1)c1ccccc1CSc1ncn[nH]1. The first-order chi connectivity index (χ1) is 10.8. The molecule has 1 fully saturated rings. The largest absolute Gasteiger partial charge is 0.349 e. The second kappa shape index (κ2) is 7.69. The molecule has 0 aliphatic carbocycles. The first kappa shape index (κ1) is 15.4. The normalized spacial score (nSPS) is 15.6. The summed E-state index contributed by atoms with van der Waals surface area (Å²) >= 11 is 3.51. The number of rotatable bonds is 5. The zero-order valence-electron chi connectivity index (χ0n) is 12.1. The van der Waals surface area contributed by atoms with E-state index in [2.05, 4.69) is 20.5 Å². The van der Waals surface area contributed by atoms with E-state index in [1.165, 1.54) is 6.33 Å². The third-order valence-corrected chi connectivity index (χ3v) is 5.55. The molecule has 0 radical (unpaired) electrons. The lowest BCUT2D eigenvalue weighted by atomic mass is 10.1. The molecule has 3 rings (SSSR count). The van der Waals surface area contributed by atoms with E-state index >= 15 is 0 Å². The first-order valence-electron chi connectivity index (χ1n) is 7.27. The van der Waals surface area contributed by atoms with Gasteiger partial charge in [0.25, 0.3) is 5.91 Å². The van der Waals surface area contributed by atoms with Gasteiger partial charge in [0.1, 0.15) is 6.33 Å². The van der Waals surface area contributed by atoms with Crippen molar-refractivity contribution in [2.24, 2.45) is 0 Å². The summed E-state index contributed by atoms with van der Waals surface area (Å²) < 4.78 is 0. The van der Waals surface area contributed by atoms with E-state index in [0.717, 1.165) is 40.6 Å². The van der Waals surface area contributed by atoms with Gasteiger partial charge in [-0.05, 0) is 36.0 Å². The summed E-state index contributed by atoms with van der Waals surface area (Å²) in [6, 6.07) is 8.07. The maximum absolute atomic E-state index is 12.5. The minimum atomic E-state index is 0.0330. The molecule has 0 saturated carbocycles. The number of benzene rings is 1. The fraction of sp³-hybridized carbons (Fsp3) is 0.400. The molecule has 1 aromatic carbocycles. The van der Waals surface area contributed by atoms with Gasteiger partial charge in [0.05, 0.1) is 0 Å². The Kier molecular flexibility index (Phi) is 5.39. The van der Waals surface area contributed by atoms with Crippen LogP contribution in [0.15, 0.2) is 35.7 Å². The quantitative estimate of drug-likeness (QED) is 0.823. The summed E-state index contributed by atoms with van der Waals surface area (Å²) in [5.74, 6) is 2.99. The Morgan fingerprint density at radius 1 is 1.36 bits per heavy atom. The molecule has 1 saturated heterocycles. The van der Waals surface area contributed by atoms with Crippen molar-refractivity contribution in [1.82, 2.24) is 20.5 Å². The summed E-state index contributed by atoms with van der Waals surface area (Å²) in [7, 11) is 0. The highest BCUT2D eigenvalue weighted by Crippen LogP contribution is 2.22. The van der Waals surface area contributed by atoms with Crippen LogP contribution in [-0.2, 0) is 5.75 Å². The lowest BCUT2D eigenvalue weighted by Crippen LogP contribution is -2.37. The number of nitrogens with zero attached hydrogens (tertiary/aromatic N) is 2. The van der Waals surface area contributed by atoms with Crippen LogP contribution in [-0.4, -0.2) is 38.6 Å². The number of hydrogen-bond donors (Lipinski definition) is 2. The first-order valence-corrected chi connectivity index (χ1v) is 9.41. The van der Waals surface area contributed by atoms with Crippen molar-refractivity contribution in [3.63, 3.8) is 0 Å². The van der Waals surface area contributed by atoms with Crippen molar-refractivity contribution < 1.29 is 4.79 Å². The van der Waals surface area contributed by atoms with Gasteiger partial charge in [-0.25, -0.2) is 4.98 Å². The molecule has 2 heterocycles. The van der Waals surface area contributed by atoms with Gasteiger partial charge in [0.15, 0.2) is 5.16 Å². The number of carbonyl (C=O) groups is 1. The summed E-state index contributed by atoms with van der Waals surface area (Å²) in [6.45, 7) is 0. The van der Waals surface area contributed by atoms with Crippen LogP contribution in [0.5, 0.6) is 0 Å². The smallest absolute Gasteiger partial charge is 0.251 e. The second-order valence-corrected chi connectivity index (χ2v) is 7.29. The van der Waals surface area contributed by atoms with E-state index in [1.54, 1.807) is 11.8 Å². The van der Waals surface area contributed by atoms with Crippen molar-refractivity contribution >= 4 is 29.4 Å². The van der Waals surface area contributed by atoms with Crippen LogP contribution >= 0.6 is 23.5 Å². The zero-order chi connectivity index (χ0) is 15.2. The minimum Gasteiger partial charge on any atom is -0.349 e. The number of aromatic nitrogens is 3. The Labute approximate surface area is 138 Å². The minimum absolute atomic E-state index is 0.0330. The Bertz CT molecular complexity index is 612. The lowest BCUT2D eigenvalue weighted by molar-refractivity contribution is 0.0934. The monoisotopic (exact) mass is 334 g/mol. The summed E-state index contributed by atoms with van der Waals surface area (Å²) in [5.41, 5.74) is 1.78. The Morgan fingerprint density at radius 2 is 2.18 bits per heavy atom. The maximum Gasteiger partial charge on any atom is 0.251 e. The molecule has 1 aliphatic rings. The number of carbonyl (C=O) groups excluding carboxylic acids is 1. The van der Waals surface area contributed by atoms with E-state index in [-0.39, 0.29) is 5.91 Å². The standard InChI is InChI=1S/C15H18N4OS2/c20-14(18-12-5-7-21-8-6-12)13-4-2-1-3-11(13)9-22-15-16-10-17-19-15/h1-4,10,12H,5-9H2,(H,18,20)(H,16,17,19). The molecule has 0 unspecified atom stereocenters. The Balaban J connectivity index is 1.65. The van der Waals surface area contributed by atoms with Crippen molar-refractivity contribution in [1.29, 1.82) is 0 Å². The second-order valence-electron chi connectivity index (χ2n) is 5.10. The third kappa shape index (κ3) is 4.04. The van der Waals surface area contributed by atoms with Gasteiger partial charge in [0.2, 0.25) is 0 Å². The van der Waals surface area contributed by atoms with E-state index in [9.17, 15) is 4.79 Å². The highest BCUT2D eigenvalue weighted by atomic mass is 32.2. The third-order valence-electron chi connectivity index (χ3n) is 3.58. The lowest BCUT2D eigenvalue weighted by Gasteiger charge is -2.23. The summed E-state index contributed by atoms with van der Waals surface area (Å²) in [4.78, 5) is 16.6. The van der Waals surface area contributed by atoms with Gasteiger partial charge in [-0.15, -0.1) is 0 Å². The van der Waals surface area contributed by atoms with Crippen LogP contribution in [0.2, 0.25) is 0 Å². The molecule has 0 bridgehead atoms. The molecule has 1 amide bonds. The number of nitrogens with one attached hydrogen (secondary N) is 2. The number of hydrogen-bond acceptors (Lipinski definition) is 5. The van der Waals surface area contributed by atoms with Gasteiger partial charge >= 0.3 is 0 Å². The maximum atomic E-state index is 12.5. The average Bonchev–Trinajstić information content (AvgIpc) is 3.07. The van der Waals surface area contributed by atoms with Crippen LogP contribution < -0.4 is 5.32 Å². The van der Waals surface area contributed by atoms with Gasteiger partial charge in [-0.2, -0.15) is 16.9 Å². The molecule has 7 heteroatoms. The highest BCUT2D eigenvalue weighted by molar-refractivity contribution is 7.99. The molecule has 2 N–H and O–H groups in total. The van der Waals surface area contributed by atoms with Gasteiger partial charge < -0.3 is 5.32 Å². The molecule has 1 aromatic heterocycles. The van der Waals surface area contributed by atoms with Crippen molar-refractivity contribution in [2.45, 2.75) is 29.8 Å². The van der Waals surface area contributed by atoms with E-state index in [1.807, 2.05) is 36.0 Å².